The van der Waals surface area contributed by atoms with Crippen LogP contribution in [0.4, 0.5) is 5.69 Å². The monoisotopic (exact) mass is 402 g/mol. The topological polar surface area (TPSA) is 60.5 Å². The minimum absolute atomic E-state index is 0.280. The minimum atomic E-state index is -0.345. The molecule has 0 saturated carbocycles. The third-order valence-corrected chi connectivity index (χ3v) is 4.29. The Balaban J connectivity index is 1.77. The van der Waals surface area contributed by atoms with E-state index in [0.29, 0.717) is 34.4 Å². The fraction of sp³-hybridized carbons (Fsp3) is 0.100. The van der Waals surface area contributed by atoms with Crippen molar-refractivity contribution >= 4 is 34.8 Å². The van der Waals surface area contributed by atoms with E-state index in [1.54, 1.807) is 49.8 Å². The van der Waals surface area contributed by atoms with Crippen LogP contribution in [-0.2, 0) is 6.61 Å². The molecule has 3 rings (SSSR count). The number of carbonyl (C=O) groups excluding carboxylic acids is 1. The molecule has 1 aromatic heterocycles. The SMILES string of the molecule is COc1ccc(NC(=O)c2ccc(Cl)cc2Cl)cc1OCc1ccncc1. The van der Waals surface area contributed by atoms with Crippen LogP contribution in [0.5, 0.6) is 11.5 Å². The van der Waals surface area contributed by atoms with Gasteiger partial charge in [0.15, 0.2) is 11.5 Å². The number of nitrogens with one attached hydrogen (secondary N) is 1. The summed E-state index contributed by atoms with van der Waals surface area (Å²) in [5.74, 6) is 0.725. The van der Waals surface area contributed by atoms with Gasteiger partial charge in [0.1, 0.15) is 6.61 Å². The van der Waals surface area contributed by atoms with Crippen LogP contribution in [0.3, 0.4) is 0 Å². The summed E-state index contributed by atoms with van der Waals surface area (Å²) in [6, 6.07) is 13.6. The zero-order valence-electron chi connectivity index (χ0n) is 14.4. The normalized spacial score (nSPS) is 10.3. The second-order valence-corrected chi connectivity index (χ2v) is 6.43. The van der Waals surface area contributed by atoms with Crippen LogP contribution in [0.2, 0.25) is 10.0 Å². The summed E-state index contributed by atoms with van der Waals surface area (Å²) in [5.41, 5.74) is 1.85. The molecule has 2 aromatic carbocycles. The van der Waals surface area contributed by atoms with Gasteiger partial charge < -0.3 is 14.8 Å². The number of carbonyl (C=O) groups is 1. The van der Waals surface area contributed by atoms with E-state index in [1.165, 1.54) is 6.07 Å². The second-order valence-electron chi connectivity index (χ2n) is 5.59. The molecule has 27 heavy (non-hydrogen) atoms. The Morgan fingerprint density at radius 1 is 1.04 bits per heavy atom. The quantitative estimate of drug-likeness (QED) is 0.613. The number of benzene rings is 2. The summed E-state index contributed by atoms with van der Waals surface area (Å²) >= 11 is 12.0. The van der Waals surface area contributed by atoms with E-state index in [2.05, 4.69) is 10.3 Å². The molecule has 0 bridgehead atoms. The molecule has 0 aliphatic carbocycles. The molecule has 1 amide bonds. The van der Waals surface area contributed by atoms with E-state index in [4.69, 9.17) is 32.7 Å². The molecule has 7 heteroatoms. The van der Waals surface area contributed by atoms with Gasteiger partial charge in [0, 0.05) is 29.2 Å². The number of aromatic nitrogens is 1. The van der Waals surface area contributed by atoms with Crippen LogP contribution >= 0.6 is 23.2 Å². The van der Waals surface area contributed by atoms with Crippen LogP contribution in [-0.4, -0.2) is 18.0 Å². The van der Waals surface area contributed by atoms with Crippen molar-refractivity contribution in [3.05, 3.63) is 82.1 Å². The fourth-order valence-electron chi connectivity index (χ4n) is 2.38. The predicted molar refractivity (Wildman–Crippen MR) is 106 cm³/mol. The van der Waals surface area contributed by atoms with Gasteiger partial charge in [-0.25, -0.2) is 0 Å². The van der Waals surface area contributed by atoms with Crippen molar-refractivity contribution in [1.82, 2.24) is 4.98 Å². The van der Waals surface area contributed by atoms with E-state index in [9.17, 15) is 4.79 Å². The van der Waals surface area contributed by atoms with Gasteiger partial charge in [-0.15, -0.1) is 0 Å². The summed E-state index contributed by atoms with van der Waals surface area (Å²) in [4.78, 5) is 16.4. The van der Waals surface area contributed by atoms with Gasteiger partial charge in [-0.3, -0.25) is 9.78 Å². The predicted octanol–water partition coefficient (Wildman–Crippen LogP) is 5.23. The summed E-state index contributed by atoms with van der Waals surface area (Å²) in [6.45, 7) is 0.347. The van der Waals surface area contributed by atoms with Crippen molar-refractivity contribution in [3.63, 3.8) is 0 Å². The Kier molecular flexibility index (Phi) is 6.16. The van der Waals surface area contributed by atoms with Gasteiger partial charge in [-0.2, -0.15) is 0 Å². The molecule has 3 aromatic rings. The number of methoxy groups -OCH3 is 1. The maximum atomic E-state index is 12.5. The molecule has 138 valence electrons. The van der Waals surface area contributed by atoms with Gasteiger partial charge >= 0.3 is 0 Å². The van der Waals surface area contributed by atoms with Crippen LogP contribution in [0.1, 0.15) is 15.9 Å². The molecule has 0 fully saturated rings. The maximum Gasteiger partial charge on any atom is 0.257 e. The molecule has 0 aliphatic heterocycles. The summed E-state index contributed by atoms with van der Waals surface area (Å²) in [6.07, 6.45) is 3.39. The van der Waals surface area contributed by atoms with E-state index >= 15 is 0 Å². The Hall–Kier alpha value is -2.76. The number of nitrogens with zero attached hydrogens (tertiary/aromatic N) is 1. The van der Waals surface area contributed by atoms with Crippen molar-refractivity contribution in [2.75, 3.05) is 12.4 Å². The molecule has 0 radical (unpaired) electrons. The zero-order valence-corrected chi connectivity index (χ0v) is 15.9. The first-order valence-corrected chi connectivity index (χ1v) is 8.78. The lowest BCUT2D eigenvalue weighted by atomic mass is 10.2. The first-order valence-electron chi connectivity index (χ1n) is 8.03. The summed E-state index contributed by atoms with van der Waals surface area (Å²) in [7, 11) is 1.56. The number of pyridine rings is 1. The molecule has 5 nitrogen and oxygen atoms in total. The molecule has 0 saturated heterocycles. The number of amides is 1. The molecule has 0 unspecified atom stereocenters. The van der Waals surface area contributed by atoms with Crippen molar-refractivity contribution < 1.29 is 14.3 Å². The Morgan fingerprint density at radius 2 is 1.81 bits per heavy atom. The van der Waals surface area contributed by atoms with Crippen LogP contribution in [0.15, 0.2) is 60.9 Å². The van der Waals surface area contributed by atoms with E-state index < -0.39 is 0 Å². The number of rotatable bonds is 6. The summed E-state index contributed by atoms with van der Waals surface area (Å²) in [5, 5.41) is 3.54. The average molecular weight is 403 g/mol. The number of hydrogen-bond donors (Lipinski definition) is 1. The molecular weight excluding hydrogens is 387 g/mol. The van der Waals surface area contributed by atoms with Crippen LogP contribution < -0.4 is 14.8 Å². The van der Waals surface area contributed by atoms with Crippen molar-refractivity contribution in [1.29, 1.82) is 0 Å². The Morgan fingerprint density at radius 3 is 2.52 bits per heavy atom. The highest BCUT2D eigenvalue weighted by molar-refractivity contribution is 6.37. The van der Waals surface area contributed by atoms with Gasteiger partial charge in [-0.05, 0) is 48.0 Å². The lowest BCUT2D eigenvalue weighted by Crippen LogP contribution is -2.12. The van der Waals surface area contributed by atoms with Gasteiger partial charge in [0.25, 0.3) is 5.91 Å². The van der Waals surface area contributed by atoms with E-state index in [1.807, 2.05) is 12.1 Å². The van der Waals surface area contributed by atoms with Crippen molar-refractivity contribution in [3.8, 4) is 11.5 Å². The van der Waals surface area contributed by atoms with Gasteiger partial charge in [-0.1, -0.05) is 23.2 Å². The Bertz CT molecular complexity index is 949. The zero-order chi connectivity index (χ0) is 19.2. The number of anilines is 1. The highest BCUT2D eigenvalue weighted by atomic mass is 35.5. The van der Waals surface area contributed by atoms with Crippen LogP contribution in [0.25, 0.3) is 0 Å². The molecular formula is C20H16Cl2N2O3. The number of ether oxygens (including phenoxy) is 2. The standard InChI is InChI=1S/C20H16Cl2N2O3/c1-26-18-5-3-15(11-19(18)27-12-13-6-8-23-9-7-13)24-20(25)16-4-2-14(21)10-17(16)22/h2-11H,12H2,1H3,(H,24,25). The number of halogens is 2. The molecule has 0 spiro atoms. The lowest BCUT2D eigenvalue weighted by molar-refractivity contribution is 0.102. The highest BCUT2D eigenvalue weighted by Gasteiger charge is 2.13. The van der Waals surface area contributed by atoms with Crippen molar-refractivity contribution in [2.24, 2.45) is 0 Å². The third kappa shape index (κ3) is 4.90. The first-order chi connectivity index (χ1) is 13.1. The van der Waals surface area contributed by atoms with E-state index in [0.717, 1.165) is 5.56 Å². The smallest absolute Gasteiger partial charge is 0.257 e. The molecule has 1 N–H and O–H groups in total. The first kappa shape index (κ1) is 19.0. The second kappa shape index (κ2) is 8.75. The third-order valence-electron chi connectivity index (χ3n) is 3.74. The highest BCUT2D eigenvalue weighted by Crippen LogP contribution is 2.31. The summed E-state index contributed by atoms with van der Waals surface area (Å²) < 4.78 is 11.2. The average Bonchev–Trinajstić information content (AvgIpc) is 2.67. The molecule has 1 heterocycles. The van der Waals surface area contributed by atoms with Crippen LogP contribution in [0, 0.1) is 0 Å². The van der Waals surface area contributed by atoms with Gasteiger partial charge in [0.2, 0.25) is 0 Å². The fourth-order valence-corrected chi connectivity index (χ4v) is 2.87. The maximum absolute atomic E-state index is 12.5. The van der Waals surface area contributed by atoms with Gasteiger partial charge in [0.05, 0.1) is 17.7 Å². The number of hydrogen-bond acceptors (Lipinski definition) is 4. The molecule has 0 atom stereocenters. The Labute approximate surface area is 166 Å². The van der Waals surface area contributed by atoms with E-state index in [-0.39, 0.29) is 10.9 Å². The minimum Gasteiger partial charge on any atom is -0.493 e. The van der Waals surface area contributed by atoms with Crippen molar-refractivity contribution in [2.45, 2.75) is 6.61 Å². The lowest BCUT2D eigenvalue weighted by Gasteiger charge is -2.13. The molecule has 0 aliphatic rings. The largest absolute Gasteiger partial charge is 0.493 e.